The summed E-state index contributed by atoms with van der Waals surface area (Å²) in [6, 6.07) is 0. The predicted octanol–water partition coefficient (Wildman–Crippen LogP) is 3.53. The molecule has 1 aliphatic carbocycles. The molecule has 2 heterocycles. The molecule has 1 aromatic heterocycles. The van der Waals surface area contributed by atoms with E-state index in [9.17, 15) is 9.59 Å². The van der Waals surface area contributed by atoms with Crippen LogP contribution >= 0.6 is 11.3 Å². The molecule has 0 radical (unpaired) electrons. The molecule has 0 amide bonds. The summed E-state index contributed by atoms with van der Waals surface area (Å²) in [5, 5.41) is 0. The third-order valence-electron chi connectivity index (χ3n) is 4.42. The number of ether oxygens (including phenoxy) is 3. The minimum atomic E-state index is -0.309. The summed E-state index contributed by atoms with van der Waals surface area (Å²) in [4.78, 5) is 26.1. The largest absolute Gasteiger partial charge is 0.462 e. The first-order chi connectivity index (χ1) is 11.7. The number of esters is 1. The first-order valence-electron chi connectivity index (χ1n) is 8.78. The normalized spacial score (nSPS) is 20.7. The SMILES string of the molecule is CCOC(=O)c1sc(CCOC2CCCCO2)c2c1CCCC2=O. The highest BCUT2D eigenvalue weighted by molar-refractivity contribution is 7.14. The summed E-state index contributed by atoms with van der Waals surface area (Å²) in [6.07, 6.45) is 5.80. The highest BCUT2D eigenvalue weighted by Gasteiger charge is 2.29. The molecular formula is C18H24O5S. The van der Waals surface area contributed by atoms with Crippen molar-refractivity contribution < 1.29 is 23.8 Å². The number of fused-ring (bicyclic) bond motifs is 1. The van der Waals surface area contributed by atoms with Gasteiger partial charge in [-0.3, -0.25) is 4.79 Å². The monoisotopic (exact) mass is 352 g/mol. The standard InChI is InChI=1S/C18H24O5S/c1-2-21-18(20)17-12-6-5-7-13(19)16(12)14(24-17)9-11-23-15-8-3-4-10-22-15/h15H,2-11H2,1H3. The van der Waals surface area contributed by atoms with E-state index < -0.39 is 0 Å². The van der Waals surface area contributed by atoms with Crippen molar-refractivity contribution in [2.75, 3.05) is 19.8 Å². The van der Waals surface area contributed by atoms with Crippen molar-refractivity contribution in [3.63, 3.8) is 0 Å². The van der Waals surface area contributed by atoms with Gasteiger partial charge in [0.25, 0.3) is 0 Å². The molecule has 1 fully saturated rings. The lowest BCUT2D eigenvalue weighted by molar-refractivity contribution is -0.161. The lowest BCUT2D eigenvalue weighted by Crippen LogP contribution is -2.23. The van der Waals surface area contributed by atoms with Gasteiger partial charge in [0.1, 0.15) is 4.88 Å². The Hall–Kier alpha value is -1.24. The van der Waals surface area contributed by atoms with Gasteiger partial charge in [-0.25, -0.2) is 4.79 Å². The zero-order valence-corrected chi connectivity index (χ0v) is 14.9. The number of Topliss-reactive ketones (excluding diaryl/α,β-unsaturated/α-hetero) is 1. The van der Waals surface area contributed by atoms with Crippen LogP contribution in [0.2, 0.25) is 0 Å². The van der Waals surface area contributed by atoms with E-state index in [1.54, 1.807) is 6.92 Å². The number of carbonyl (C=O) groups excluding carboxylic acids is 2. The van der Waals surface area contributed by atoms with Gasteiger partial charge in [0.2, 0.25) is 0 Å². The van der Waals surface area contributed by atoms with Crippen molar-refractivity contribution in [1.82, 2.24) is 0 Å². The number of thiophene rings is 1. The summed E-state index contributed by atoms with van der Waals surface area (Å²) in [7, 11) is 0. The zero-order chi connectivity index (χ0) is 16.9. The molecule has 3 rings (SSSR count). The minimum Gasteiger partial charge on any atom is -0.462 e. The molecule has 6 heteroatoms. The van der Waals surface area contributed by atoms with Crippen molar-refractivity contribution in [3.8, 4) is 0 Å². The van der Waals surface area contributed by atoms with Gasteiger partial charge in [-0.15, -0.1) is 11.3 Å². The topological polar surface area (TPSA) is 61.8 Å². The van der Waals surface area contributed by atoms with Crippen molar-refractivity contribution in [2.24, 2.45) is 0 Å². The highest BCUT2D eigenvalue weighted by Crippen LogP contribution is 2.35. The number of carbonyl (C=O) groups is 2. The second kappa shape index (κ2) is 8.23. The van der Waals surface area contributed by atoms with E-state index in [0.717, 1.165) is 54.7 Å². The molecule has 1 unspecified atom stereocenters. The van der Waals surface area contributed by atoms with Crippen LogP contribution in [0.4, 0.5) is 0 Å². The van der Waals surface area contributed by atoms with Crippen LogP contribution < -0.4 is 0 Å². The van der Waals surface area contributed by atoms with Crippen LogP contribution in [-0.2, 0) is 27.1 Å². The fourth-order valence-electron chi connectivity index (χ4n) is 3.29. The molecule has 2 aliphatic rings. The second-order valence-electron chi connectivity index (χ2n) is 6.12. The first-order valence-corrected chi connectivity index (χ1v) is 9.60. The van der Waals surface area contributed by atoms with Crippen LogP contribution in [0.15, 0.2) is 0 Å². The number of hydrogen-bond acceptors (Lipinski definition) is 6. The van der Waals surface area contributed by atoms with E-state index in [1.165, 1.54) is 11.3 Å². The van der Waals surface area contributed by atoms with Gasteiger partial charge in [-0.05, 0) is 44.6 Å². The number of ketones is 1. The van der Waals surface area contributed by atoms with Gasteiger partial charge in [-0.1, -0.05) is 0 Å². The molecular weight excluding hydrogens is 328 g/mol. The quantitative estimate of drug-likeness (QED) is 0.733. The summed E-state index contributed by atoms with van der Waals surface area (Å²) in [5.41, 5.74) is 1.64. The second-order valence-corrected chi connectivity index (χ2v) is 7.23. The Balaban J connectivity index is 1.71. The smallest absolute Gasteiger partial charge is 0.348 e. The predicted molar refractivity (Wildman–Crippen MR) is 90.8 cm³/mol. The molecule has 5 nitrogen and oxygen atoms in total. The van der Waals surface area contributed by atoms with Crippen LogP contribution in [0.25, 0.3) is 0 Å². The van der Waals surface area contributed by atoms with Gasteiger partial charge in [-0.2, -0.15) is 0 Å². The third-order valence-corrected chi connectivity index (χ3v) is 5.69. The maximum atomic E-state index is 12.4. The number of hydrogen-bond donors (Lipinski definition) is 0. The zero-order valence-electron chi connectivity index (χ0n) is 14.1. The van der Waals surface area contributed by atoms with E-state index in [0.29, 0.717) is 30.9 Å². The van der Waals surface area contributed by atoms with Gasteiger partial charge >= 0.3 is 5.97 Å². The average molecular weight is 352 g/mol. The molecule has 1 aromatic rings. The van der Waals surface area contributed by atoms with Crippen molar-refractivity contribution in [2.45, 2.75) is 58.2 Å². The van der Waals surface area contributed by atoms with Gasteiger partial charge in [0, 0.05) is 29.9 Å². The summed E-state index contributed by atoms with van der Waals surface area (Å²) in [5.74, 6) is -0.164. The molecule has 0 saturated carbocycles. The summed E-state index contributed by atoms with van der Waals surface area (Å²) < 4.78 is 16.5. The molecule has 132 valence electrons. The Bertz CT molecular complexity index is 601. The summed E-state index contributed by atoms with van der Waals surface area (Å²) in [6.45, 7) is 3.40. The average Bonchev–Trinajstić information content (AvgIpc) is 2.96. The van der Waals surface area contributed by atoms with Crippen LogP contribution in [0.1, 0.15) is 69.5 Å². The van der Waals surface area contributed by atoms with Crippen LogP contribution in [-0.4, -0.2) is 37.9 Å². The Morgan fingerprint density at radius 3 is 2.92 bits per heavy atom. The molecule has 0 spiro atoms. The fourth-order valence-corrected chi connectivity index (χ4v) is 4.53. The Morgan fingerprint density at radius 2 is 2.17 bits per heavy atom. The highest BCUT2D eigenvalue weighted by atomic mass is 32.1. The maximum absolute atomic E-state index is 12.4. The minimum absolute atomic E-state index is 0.130. The fraction of sp³-hybridized carbons (Fsp3) is 0.667. The van der Waals surface area contributed by atoms with E-state index in [1.807, 2.05) is 0 Å². The molecule has 0 N–H and O–H groups in total. The lowest BCUT2D eigenvalue weighted by atomic mass is 9.90. The third kappa shape index (κ3) is 3.87. The van der Waals surface area contributed by atoms with Gasteiger partial charge in [0.15, 0.2) is 12.1 Å². The van der Waals surface area contributed by atoms with Crippen LogP contribution in [0.5, 0.6) is 0 Å². The van der Waals surface area contributed by atoms with Crippen LogP contribution in [0.3, 0.4) is 0 Å². The summed E-state index contributed by atoms with van der Waals surface area (Å²) >= 11 is 1.40. The first kappa shape index (κ1) is 17.6. The Labute approximate surface area is 146 Å². The number of rotatable bonds is 6. The lowest BCUT2D eigenvalue weighted by Gasteiger charge is -2.22. The Morgan fingerprint density at radius 1 is 1.29 bits per heavy atom. The van der Waals surface area contributed by atoms with Gasteiger partial charge < -0.3 is 14.2 Å². The maximum Gasteiger partial charge on any atom is 0.348 e. The molecule has 1 atom stereocenters. The Kier molecular flexibility index (Phi) is 6.03. The van der Waals surface area contributed by atoms with E-state index in [4.69, 9.17) is 14.2 Å². The molecule has 0 bridgehead atoms. The van der Waals surface area contributed by atoms with Crippen LogP contribution in [0, 0.1) is 0 Å². The molecule has 1 saturated heterocycles. The van der Waals surface area contributed by atoms with Crippen molar-refractivity contribution in [3.05, 3.63) is 20.9 Å². The van der Waals surface area contributed by atoms with Crippen molar-refractivity contribution in [1.29, 1.82) is 0 Å². The molecule has 0 aromatic carbocycles. The van der Waals surface area contributed by atoms with Crippen molar-refractivity contribution >= 4 is 23.1 Å². The molecule has 24 heavy (non-hydrogen) atoms. The van der Waals surface area contributed by atoms with E-state index >= 15 is 0 Å². The molecule has 1 aliphatic heterocycles. The van der Waals surface area contributed by atoms with E-state index in [-0.39, 0.29) is 18.0 Å². The van der Waals surface area contributed by atoms with Gasteiger partial charge in [0.05, 0.1) is 13.2 Å². The van der Waals surface area contributed by atoms with E-state index in [2.05, 4.69) is 0 Å².